The summed E-state index contributed by atoms with van der Waals surface area (Å²) in [5.74, 6) is -1.73. The number of sulfone groups is 2. The minimum atomic E-state index is -3.75. The molecule has 0 bridgehead atoms. The number of ketones is 1. The maximum atomic E-state index is 11.9. The highest BCUT2D eigenvalue weighted by Crippen LogP contribution is 2.18. The molecule has 41 heteroatoms. The predicted molar refractivity (Wildman–Crippen MR) is 392 cm³/mol. The molecule has 0 spiro atoms. The van der Waals surface area contributed by atoms with Gasteiger partial charge in [0.25, 0.3) is 5.91 Å². The molecule has 0 saturated carbocycles. The Morgan fingerprint density at radius 2 is 0.804 bits per heavy atom. The van der Waals surface area contributed by atoms with E-state index in [0.29, 0.717) is 58.1 Å². The standard InChI is InChI=1S/C12H11NO2.C11H11NO3S.C8H11NO3.C6H8N2O2.C6H6N2O.C6H9NO3S.C5H6N2O3.C5H4N2O.C4HClN2.C4H3N3.C4H2N2O/c1-2-15-9-11(8-13)12(14)10-6-4-3-5-7-10;1-2-15-9-11(8-12)16(13,14)10-6-4-3-5-7-10;1-3-11-6-7(5-9)8(10)12-4-2;1-2-10-4-5(3-7)6(8)9;1-2-9-5-6(3-7)4-8;1-3-10-5-6(4-7)11(2,8)9;1-2-10-4-5(3-6)7(8)9;1-8-4-5(2-6)3-7;3*5-1-4(2-6)3-7/h3-7,9H,2H2,1H3;3-7,9H,2H2,1H3;6H,3-4H2,1-2H3;4H,2H2,1H3,(H2,8,9);5H,2H2,1H3;5H,3H2,1-2H3;4H,2H2,1H3;4H,1H3;1H;1H,5H2;3,7H/b2*11-9+;7-6+;5-4-;;6-5+;5-4-;;;;. The lowest BCUT2D eigenvalue weighted by Crippen LogP contribution is -2.12. The normalized spacial score (nSPS) is 9.21. The van der Waals surface area contributed by atoms with Gasteiger partial charge in [-0.2, -0.15) is 84.2 Å². The lowest BCUT2D eigenvalue weighted by molar-refractivity contribution is -0.419. The number of aliphatic hydroxyl groups excluding tert-OH is 1. The smallest absolute Gasteiger partial charge is 0.379 e. The maximum Gasteiger partial charge on any atom is 0.379 e. The number of nitrogens with two attached hydrogens (primary N) is 2. The fourth-order valence-electron chi connectivity index (χ4n) is 4.20. The van der Waals surface area contributed by atoms with Crippen LogP contribution in [-0.4, -0.2) is 111 Å². The van der Waals surface area contributed by atoms with Crippen LogP contribution in [0.15, 0.2) is 194 Å². The zero-order valence-corrected chi connectivity index (χ0v) is 63.9. The summed E-state index contributed by atoms with van der Waals surface area (Å²) < 4.78 is 87.2. The number of hydrogen-bond acceptors (Lipinski definition) is 36. The van der Waals surface area contributed by atoms with Crippen LogP contribution in [0.5, 0.6) is 0 Å². The van der Waals surface area contributed by atoms with Crippen LogP contribution in [0.3, 0.4) is 0 Å². The van der Waals surface area contributed by atoms with Gasteiger partial charge in [0.2, 0.25) is 15.6 Å². The first-order chi connectivity index (χ1) is 53.4. The Hall–Kier alpha value is -16.4. The molecule has 0 aliphatic heterocycles. The minimum Gasteiger partial charge on any atom is -0.513 e. The fourth-order valence-corrected chi connectivity index (χ4v) is 5.79. The second-order valence-corrected chi connectivity index (χ2v) is 20.7. The number of halogens is 1. The number of allylic oxidation sites excluding steroid dienone is 9. The quantitative estimate of drug-likeness (QED) is 0.0167. The number of nitro groups is 1. The molecular weight excluding hydrogens is 1520 g/mol. The molecule has 38 nitrogen and oxygen atoms in total. The van der Waals surface area contributed by atoms with Crippen molar-refractivity contribution in [1.82, 2.24) is 0 Å². The summed E-state index contributed by atoms with van der Waals surface area (Å²) in [6.45, 7) is 16.8. The number of nitriles is 16. The number of Topliss-reactive ketones (excluding diaryl/α,β-unsaturated/α-hetero) is 1. The van der Waals surface area contributed by atoms with Crippen molar-refractivity contribution in [1.29, 1.82) is 84.2 Å². The van der Waals surface area contributed by atoms with Gasteiger partial charge in [0.1, 0.15) is 158 Å². The van der Waals surface area contributed by atoms with Crippen molar-refractivity contribution in [2.24, 2.45) is 11.5 Å². The van der Waals surface area contributed by atoms with Gasteiger partial charge in [-0.15, -0.1) is 0 Å². The third kappa shape index (κ3) is 66.8. The molecule has 0 aliphatic carbocycles. The molecule has 0 fully saturated rings. The molecule has 0 aromatic heterocycles. The van der Waals surface area contributed by atoms with Gasteiger partial charge in [-0.3, -0.25) is 19.7 Å². The Kier molecular flexibility index (Phi) is 83.4. The molecule has 0 aliphatic rings. The number of carbonyl (C=O) groups is 3. The van der Waals surface area contributed by atoms with Gasteiger partial charge >= 0.3 is 11.7 Å². The molecule has 1 amide bonds. The minimum absolute atomic E-state index is 0.00292. The first-order valence-corrected chi connectivity index (χ1v) is 33.8. The summed E-state index contributed by atoms with van der Waals surface area (Å²) in [6.07, 6.45) is 10.8. The van der Waals surface area contributed by atoms with Gasteiger partial charge in [0.15, 0.2) is 59.8 Å². The van der Waals surface area contributed by atoms with Crippen molar-refractivity contribution >= 4 is 48.9 Å². The third-order valence-electron chi connectivity index (χ3n) is 9.07. The average molecular weight is 1600 g/mol. The third-order valence-corrected chi connectivity index (χ3v) is 11.9. The van der Waals surface area contributed by atoms with E-state index in [1.165, 1.54) is 49.8 Å². The zero-order valence-electron chi connectivity index (χ0n) is 61.5. The van der Waals surface area contributed by atoms with Crippen molar-refractivity contribution in [3.63, 3.8) is 0 Å². The van der Waals surface area contributed by atoms with Crippen LogP contribution in [0.25, 0.3) is 0 Å². The molecule has 112 heavy (non-hydrogen) atoms. The summed E-state index contributed by atoms with van der Waals surface area (Å²) in [6, 6.07) is 41.8. The molecule has 2 aromatic carbocycles. The van der Waals surface area contributed by atoms with Crippen molar-refractivity contribution in [3.05, 3.63) is 205 Å². The van der Waals surface area contributed by atoms with Gasteiger partial charge in [-0.1, -0.05) is 60.1 Å². The van der Waals surface area contributed by atoms with Gasteiger partial charge < -0.3 is 59.2 Å². The molecule has 0 atom stereocenters. The molecule has 0 unspecified atom stereocenters. The largest absolute Gasteiger partial charge is 0.513 e. The van der Waals surface area contributed by atoms with Crippen molar-refractivity contribution in [2.45, 2.75) is 60.3 Å². The summed E-state index contributed by atoms with van der Waals surface area (Å²) in [4.78, 5) is 41.3. The topological polar surface area (TPSA) is 699 Å². The number of amides is 1. The van der Waals surface area contributed by atoms with E-state index in [4.69, 9.17) is 127 Å². The number of hydrogen-bond donors (Lipinski definition) is 3. The van der Waals surface area contributed by atoms with E-state index in [0.717, 1.165) is 61.8 Å². The molecule has 0 saturated heterocycles. The van der Waals surface area contributed by atoms with Crippen LogP contribution < -0.4 is 11.5 Å². The van der Waals surface area contributed by atoms with Crippen molar-refractivity contribution in [3.8, 4) is 97.1 Å². The fraction of sp³-hybridized carbons (Fsp3) is 0.254. The number of nitrogens with zero attached hydrogens (tertiary/aromatic N) is 17. The number of esters is 1. The molecule has 0 heterocycles. The first-order valence-electron chi connectivity index (χ1n) is 30.0. The number of methoxy groups -OCH3 is 1. The predicted octanol–water partition coefficient (Wildman–Crippen LogP) is 9.21. The van der Waals surface area contributed by atoms with Crippen molar-refractivity contribution < 1.29 is 83.9 Å². The van der Waals surface area contributed by atoms with Crippen LogP contribution >= 0.6 is 11.6 Å². The Morgan fingerprint density at radius 3 is 1.07 bits per heavy atom. The number of carbonyl (C=O) groups excluding carboxylic acids is 3. The van der Waals surface area contributed by atoms with Crippen LogP contribution in [0.2, 0.25) is 0 Å². The van der Waals surface area contributed by atoms with Gasteiger partial charge in [0, 0.05) is 23.6 Å². The van der Waals surface area contributed by atoms with E-state index < -0.39 is 42.2 Å². The van der Waals surface area contributed by atoms with Crippen LogP contribution in [-0.2, 0) is 71.9 Å². The number of ether oxygens (including phenoxy) is 9. The molecule has 0 radical (unpaired) electrons. The lowest BCUT2D eigenvalue weighted by atomic mass is 10.1. The monoisotopic (exact) mass is 1590 g/mol. The SMILES string of the molecule is CCO/C=C(/C#N)C(N)=O.CCO/C=C(/C#N)[N+](=O)[O-].CCO/C=C(\C#N)C(=O)OCC.CCO/C=C(\C#N)C(=O)c1ccccc1.CCO/C=C(\C#N)S(=O)(=O)c1ccccc1.CCO/C=C(\C#N)S(C)(=O)=O.CCOC=C(C#N)C#N.COC=C(C#N)C#N.N#CC(C#N)=CCl.N#CC(C#N)=CN.N#CC(C#N)=CO. The van der Waals surface area contributed by atoms with Crippen LogP contribution in [0.4, 0.5) is 0 Å². The summed E-state index contributed by atoms with van der Waals surface area (Å²) >= 11 is 4.96. The van der Waals surface area contributed by atoms with E-state index in [-0.39, 0.29) is 71.7 Å². The zero-order chi connectivity index (χ0) is 88.0. The van der Waals surface area contributed by atoms with E-state index >= 15 is 0 Å². The number of primary amides is 1. The highest BCUT2D eigenvalue weighted by Gasteiger charge is 2.21. The Morgan fingerprint density at radius 1 is 0.455 bits per heavy atom. The Bertz CT molecular complexity index is 4390. The second kappa shape index (κ2) is 81.9. The molecule has 2 aromatic rings. The second-order valence-electron chi connectivity index (χ2n) is 16.6. The average Bonchev–Trinajstić information content (AvgIpc) is 0.824. The molecule has 584 valence electrons. The number of rotatable bonds is 24. The highest BCUT2D eigenvalue weighted by atomic mass is 35.5. The lowest BCUT2D eigenvalue weighted by Gasteiger charge is -2.02. The van der Waals surface area contributed by atoms with Gasteiger partial charge in [-0.05, 0) is 67.5 Å². The van der Waals surface area contributed by atoms with Gasteiger partial charge in [-0.25, -0.2) is 21.6 Å². The Balaban J connectivity index is -0.000000151. The van der Waals surface area contributed by atoms with Gasteiger partial charge in [0.05, 0.1) is 69.8 Å². The van der Waals surface area contributed by atoms with E-state index in [1.54, 1.807) is 165 Å². The maximum absolute atomic E-state index is 11.9. The number of benzene rings is 2. The first kappa shape index (κ1) is 114. The summed E-state index contributed by atoms with van der Waals surface area (Å²) in [7, 11) is -5.78. The summed E-state index contributed by atoms with van der Waals surface area (Å²) in [5.41, 5.74) is 9.73. The van der Waals surface area contributed by atoms with E-state index in [2.05, 4.69) is 28.4 Å². The molecule has 5 N–H and O–H groups in total. The summed E-state index contributed by atoms with van der Waals surface area (Å²) in [5, 5.41) is 148. The highest BCUT2D eigenvalue weighted by molar-refractivity contribution is 7.95. The Labute approximate surface area is 653 Å². The van der Waals surface area contributed by atoms with E-state index in [9.17, 15) is 41.3 Å². The molecular formula is C71H72ClN19O19S2. The van der Waals surface area contributed by atoms with Crippen LogP contribution in [0.1, 0.15) is 65.7 Å². The van der Waals surface area contributed by atoms with Crippen molar-refractivity contribution in [2.75, 3.05) is 66.2 Å². The molecule has 2 rings (SSSR count). The number of aliphatic hydroxyl groups is 1. The van der Waals surface area contributed by atoms with E-state index in [1.807, 2.05) is 12.1 Å². The van der Waals surface area contributed by atoms with Crippen LogP contribution in [0, 0.1) is 191 Å².